The van der Waals surface area contributed by atoms with Crippen LogP contribution in [0.2, 0.25) is 0 Å². The number of halogens is 4. The average Bonchev–Trinajstić information content (AvgIpc) is 2.80. The number of nitrogens with zero attached hydrogens (tertiary/aromatic N) is 2. The predicted octanol–water partition coefficient (Wildman–Crippen LogP) is 6.18. The van der Waals surface area contributed by atoms with Crippen molar-refractivity contribution in [3.05, 3.63) is 108 Å². The van der Waals surface area contributed by atoms with E-state index >= 15 is 0 Å². The second-order valence-electron chi connectivity index (χ2n) is 7.13. The summed E-state index contributed by atoms with van der Waals surface area (Å²) in [5.41, 5.74) is 1.27. The first kappa shape index (κ1) is 30.5. The Bertz CT molecular complexity index is 1170. The van der Waals surface area contributed by atoms with Crippen LogP contribution in [0.1, 0.15) is 20.3 Å². The number of Topliss-reactive ketones (excluding diaryl/α,β-unsaturated/α-hetero) is 1. The second kappa shape index (κ2) is 15.4. The van der Waals surface area contributed by atoms with E-state index in [1.807, 2.05) is 0 Å². The van der Waals surface area contributed by atoms with Gasteiger partial charge in [-0.2, -0.15) is 0 Å². The monoisotopic (exact) mass is 674 g/mol. The molecule has 4 aromatic rings. The van der Waals surface area contributed by atoms with Gasteiger partial charge in [-0.25, -0.2) is 0 Å². The number of ketones is 2. The van der Waals surface area contributed by atoms with E-state index in [4.69, 9.17) is 4.79 Å². The summed E-state index contributed by atoms with van der Waals surface area (Å²) in [6, 6.07) is 19.1. The van der Waals surface area contributed by atoms with Gasteiger partial charge in [0, 0.05) is 62.7 Å². The van der Waals surface area contributed by atoms with Crippen molar-refractivity contribution in [1.82, 2.24) is 9.97 Å². The summed E-state index contributed by atoms with van der Waals surface area (Å²) in [7, 11) is 0. The van der Waals surface area contributed by atoms with E-state index in [1.165, 1.54) is 13.8 Å². The predicted molar refractivity (Wildman–Crippen MR) is 125 cm³/mol. The molecule has 0 saturated heterocycles. The maximum atomic E-state index is 13.2. The van der Waals surface area contributed by atoms with Gasteiger partial charge in [0.1, 0.15) is 12.2 Å². The minimum absolute atomic E-state index is 0. The number of carbonyl (C=O) groups excluding carboxylic acids is 2. The third-order valence-electron chi connectivity index (χ3n) is 4.06. The van der Waals surface area contributed by atoms with Crippen molar-refractivity contribution in [2.75, 3.05) is 0 Å². The quantitative estimate of drug-likeness (QED) is 0.113. The van der Waals surface area contributed by atoms with Crippen LogP contribution in [0, 0.1) is 35.4 Å². The molecule has 0 unspecified atom stereocenters. The van der Waals surface area contributed by atoms with Gasteiger partial charge in [-0.05, 0) is 30.4 Å². The number of carbonyl (C=O) groups is 1. The Morgan fingerprint density at radius 2 is 1.22 bits per heavy atom. The number of benzene rings is 2. The van der Waals surface area contributed by atoms with Gasteiger partial charge >= 0.3 is 0 Å². The van der Waals surface area contributed by atoms with Gasteiger partial charge in [-0.15, -0.1) is 24.3 Å². The van der Waals surface area contributed by atoms with Crippen LogP contribution in [0.4, 0.5) is 17.6 Å². The first-order chi connectivity index (χ1) is 16.7. The van der Waals surface area contributed by atoms with Crippen molar-refractivity contribution in [3.8, 4) is 22.5 Å². The zero-order valence-corrected chi connectivity index (χ0v) is 21.6. The number of aromatic nitrogens is 2. The summed E-state index contributed by atoms with van der Waals surface area (Å²) in [4.78, 5) is 26.4. The fraction of sp³-hybridized carbons (Fsp3) is 0.111. The molecule has 0 bridgehead atoms. The van der Waals surface area contributed by atoms with E-state index in [1.54, 1.807) is 48.8 Å². The Kier molecular flexibility index (Phi) is 13.1. The molecule has 2 heterocycles. The van der Waals surface area contributed by atoms with Crippen molar-refractivity contribution < 1.29 is 47.3 Å². The van der Waals surface area contributed by atoms with Crippen molar-refractivity contribution in [2.24, 2.45) is 0 Å². The van der Waals surface area contributed by atoms with Gasteiger partial charge in [-0.1, -0.05) is 47.5 Å². The molecule has 2 aromatic carbocycles. The van der Waals surface area contributed by atoms with Gasteiger partial charge in [0.25, 0.3) is 5.78 Å². The Labute approximate surface area is 219 Å². The van der Waals surface area contributed by atoms with E-state index in [0.717, 1.165) is 24.3 Å². The molecule has 2 aromatic heterocycles. The van der Waals surface area contributed by atoms with Crippen LogP contribution in [0.15, 0.2) is 73.1 Å². The fourth-order valence-corrected chi connectivity index (χ4v) is 2.66. The van der Waals surface area contributed by atoms with E-state index in [9.17, 15) is 22.4 Å². The molecule has 0 atom stereocenters. The van der Waals surface area contributed by atoms with Crippen LogP contribution in [-0.2, 0) is 24.9 Å². The molecule has 36 heavy (non-hydrogen) atoms. The summed E-state index contributed by atoms with van der Waals surface area (Å²) < 4.78 is 51.6. The molecule has 0 fully saturated rings. The van der Waals surface area contributed by atoms with Gasteiger partial charge in [0.2, 0.25) is 0 Å². The molecule has 9 heteroatoms. The maximum Gasteiger partial charge on any atom is 0.297 e. The van der Waals surface area contributed by atoms with E-state index < -0.39 is 23.3 Å². The van der Waals surface area contributed by atoms with Gasteiger partial charge < -0.3 is 9.97 Å². The largest absolute Gasteiger partial charge is 0.305 e. The van der Waals surface area contributed by atoms with Crippen LogP contribution in [-0.4, -0.2) is 26.3 Å². The number of hydrogen-bond acceptors (Lipinski definition) is 3. The molecule has 0 spiro atoms. The third-order valence-corrected chi connectivity index (χ3v) is 4.06. The van der Waals surface area contributed by atoms with Crippen LogP contribution in [0.25, 0.3) is 22.5 Å². The summed E-state index contributed by atoms with van der Waals surface area (Å²) in [5, 5.41) is 0. The Morgan fingerprint density at radius 1 is 0.806 bits per heavy atom. The van der Waals surface area contributed by atoms with Gasteiger partial charge in [-0.3, -0.25) is 27.2 Å². The zero-order valence-electron chi connectivity index (χ0n) is 19.2. The van der Waals surface area contributed by atoms with Gasteiger partial charge in [0.05, 0.1) is 0 Å². The summed E-state index contributed by atoms with van der Waals surface area (Å²) >= 11 is 0. The molecule has 189 valence electrons. The van der Waals surface area contributed by atoms with Crippen molar-refractivity contribution in [3.63, 3.8) is 0 Å². The van der Waals surface area contributed by atoms with Crippen molar-refractivity contribution in [1.29, 1.82) is 0 Å². The molecule has 1 N–H and O–H groups in total. The average molecular weight is 674 g/mol. The summed E-state index contributed by atoms with van der Waals surface area (Å²) in [6.07, 6.45) is 3.29. The SMILES string of the molecule is CC(=O)CC(C)=[OH+].Fc1c[c-]c(-c2ccccn2)c(F)c1.Fc1c[c-]c(-c2ccccn2)c(F)c1.[Ir]. The molecule has 4 rings (SSSR count). The first-order valence-corrected chi connectivity index (χ1v) is 10.2. The Morgan fingerprint density at radius 3 is 1.47 bits per heavy atom. The molecule has 0 aliphatic rings. The molecule has 0 aliphatic heterocycles. The second-order valence-corrected chi connectivity index (χ2v) is 7.13. The minimum atomic E-state index is -0.649. The smallest absolute Gasteiger partial charge is 0.297 e. The number of hydrogen-bond donors (Lipinski definition) is 0. The Hall–Kier alpha value is -3.55. The van der Waals surface area contributed by atoms with E-state index in [2.05, 4.69) is 22.1 Å². The van der Waals surface area contributed by atoms with Crippen LogP contribution in [0.3, 0.4) is 0 Å². The molecular formula is C27H21F4IrN2O2-. The summed E-state index contributed by atoms with van der Waals surface area (Å²) in [5.74, 6) is -2.38. The zero-order chi connectivity index (χ0) is 25.8. The molecule has 1 radical (unpaired) electrons. The first-order valence-electron chi connectivity index (χ1n) is 10.2. The maximum absolute atomic E-state index is 13.2. The minimum Gasteiger partial charge on any atom is -0.305 e. The van der Waals surface area contributed by atoms with Gasteiger partial charge in [0.15, 0.2) is 0 Å². The molecule has 0 amide bonds. The van der Waals surface area contributed by atoms with Crippen LogP contribution >= 0.6 is 0 Å². The standard InChI is InChI=1S/2C11H6F2N.C5H8O2.Ir/c2*12-8-4-5-9(10(13)7-8)11-3-1-2-6-14-11;1-4(6)3-5(2)7;/h2*1-4,6-7H;3H2,1-2H3;/q2*-1;;/p+1. The Balaban J connectivity index is 0.000000283. The normalized spacial score (nSPS) is 9.50. The van der Waals surface area contributed by atoms with Crippen LogP contribution < -0.4 is 0 Å². The molecule has 4 nitrogen and oxygen atoms in total. The van der Waals surface area contributed by atoms with E-state index in [-0.39, 0.29) is 49.2 Å². The number of pyridine rings is 2. The molecule has 0 aliphatic carbocycles. The summed E-state index contributed by atoms with van der Waals surface area (Å²) in [6.45, 7) is 2.96. The topological polar surface area (TPSA) is 64.2 Å². The van der Waals surface area contributed by atoms with Crippen molar-refractivity contribution >= 4 is 11.6 Å². The molecule has 0 saturated carbocycles. The third kappa shape index (κ3) is 10.4. The molecular weight excluding hydrogens is 653 g/mol. The van der Waals surface area contributed by atoms with Crippen LogP contribution in [0.5, 0.6) is 0 Å². The van der Waals surface area contributed by atoms with Crippen molar-refractivity contribution in [2.45, 2.75) is 20.3 Å². The van der Waals surface area contributed by atoms with E-state index in [0.29, 0.717) is 11.4 Å². The number of rotatable bonds is 4. The fourth-order valence-electron chi connectivity index (χ4n) is 2.66.